The summed E-state index contributed by atoms with van der Waals surface area (Å²) in [4.78, 5) is 14.6. The van der Waals surface area contributed by atoms with E-state index in [4.69, 9.17) is 10.1 Å². The SMILES string of the molecule is C=C/C(C(=N)N=C)=C(\C)NCC(=O)OCC. The summed E-state index contributed by atoms with van der Waals surface area (Å²) >= 11 is 0. The van der Waals surface area contributed by atoms with E-state index < -0.39 is 0 Å². The van der Waals surface area contributed by atoms with Crippen LogP contribution in [0.2, 0.25) is 0 Å². The predicted molar refractivity (Wildman–Crippen MR) is 64.8 cm³/mol. The van der Waals surface area contributed by atoms with Crippen LogP contribution in [0.25, 0.3) is 0 Å². The quantitative estimate of drug-likeness (QED) is 0.308. The monoisotopic (exact) mass is 223 g/mol. The van der Waals surface area contributed by atoms with Gasteiger partial charge in [0.2, 0.25) is 0 Å². The van der Waals surface area contributed by atoms with Crippen molar-refractivity contribution in [1.82, 2.24) is 5.32 Å². The fourth-order valence-electron chi connectivity index (χ4n) is 1.02. The van der Waals surface area contributed by atoms with Crippen LogP contribution in [0.4, 0.5) is 0 Å². The van der Waals surface area contributed by atoms with Crippen LogP contribution in [0.3, 0.4) is 0 Å². The van der Waals surface area contributed by atoms with E-state index in [-0.39, 0.29) is 18.3 Å². The summed E-state index contributed by atoms with van der Waals surface area (Å²) in [5.41, 5.74) is 1.15. The van der Waals surface area contributed by atoms with Crippen LogP contribution in [-0.4, -0.2) is 31.7 Å². The molecule has 0 radical (unpaired) electrons. The van der Waals surface area contributed by atoms with E-state index in [0.29, 0.717) is 17.9 Å². The lowest BCUT2D eigenvalue weighted by molar-refractivity contribution is -0.141. The number of carbonyl (C=O) groups is 1. The van der Waals surface area contributed by atoms with Gasteiger partial charge in [-0.1, -0.05) is 12.7 Å². The van der Waals surface area contributed by atoms with Crippen LogP contribution in [0.15, 0.2) is 28.9 Å². The third kappa shape index (κ3) is 4.54. The minimum absolute atomic E-state index is 0.0175. The van der Waals surface area contributed by atoms with Crippen LogP contribution in [0.1, 0.15) is 13.8 Å². The van der Waals surface area contributed by atoms with E-state index in [9.17, 15) is 4.79 Å². The van der Waals surface area contributed by atoms with E-state index in [0.717, 1.165) is 0 Å². The lowest BCUT2D eigenvalue weighted by Crippen LogP contribution is -2.24. The standard InChI is InChI=1S/C11H17N3O2/c1-5-9(11(12)13-4)8(3)14-7-10(15)16-6-2/h5,12,14H,1,4,6-7H2,2-3H3/b9-8-,12-11?. The Balaban J connectivity index is 4.50. The normalized spacial score (nSPS) is 11.1. The molecule has 88 valence electrons. The van der Waals surface area contributed by atoms with E-state index in [1.807, 2.05) is 0 Å². The third-order valence-electron chi connectivity index (χ3n) is 1.82. The summed E-state index contributed by atoms with van der Waals surface area (Å²) in [6.45, 7) is 10.7. The number of nitrogens with one attached hydrogen (secondary N) is 2. The van der Waals surface area contributed by atoms with Gasteiger partial charge in [-0.2, -0.15) is 0 Å². The Morgan fingerprint density at radius 3 is 2.69 bits per heavy atom. The Kier molecular flexibility index (Phi) is 6.51. The molecule has 16 heavy (non-hydrogen) atoms. The summed E-state index contributed by atoms with van der Waals surface area (Å²) in [5, 5.41) is 10.3. The molecule has 0 saturated carbocycles. The molecular weight excluding hydrogens is 206 g/mol. The molecular formula is C11H17N3O2. The molecule has 0 rings (SSSR count). The van der Waals surface area contributed by atoms with Crippen LogP contribution < -0.4 is 5.32 Å². The minimum atomic E-state index is -0.344. The molecule has 0 amide bonds. The first kappa shape index (κ1) is 14.1. The molecule has 5 heteroatoms. The van der Waals surface area contributed by atoms with Gasteiger partial charge in [-0.25, -0.2) is 4.99 Å². The lowest BCUT2D eigenvalue weighted by Gasteiger charge is -2.09. The number of rotatable bonds is 6. The highest BCUT2D eigenvalue weighted by Gasteiger charge is 2.06. The number of aliphatic imine (C=N–C) groups is 1. The van der Waals surface area contributed by atoms with Gasteiger partial charge < -0.3 is 10.1 Å². The van der Waals surface area contributed by atoms with Gasteiger partial charge in [-0.3, -0.25) is 10.2 Å². The highest BCUT2D eigenvalue weighted by molar-refractivity contribution is 6.01. The molecule has 0 aliphatic rings. The second kappa shape index (κ2) is 7.39. The van der Waals surface area contributed by atoms with Crippen molar-refractivity contribution in [2.75, 3.05) is 13.2 Å². The first-order valence-electron chi connectivity index (χ1n) is 4.85. The van der Waals surface area contributed by atoms with Crippen molar-refractivity contribution in [3.8, 4) is 0 Å². The first-order valence-corrected chi connectivity index (χ1v) is 4.85. The van der Waals surface area contributed by atoms with Gasteiger partial charge >= 0.3 is 5.97 Å². The Labute approximate surface area is 95.4 Å². The maximum absolute atomic E-state index is 11.1. The average Bonchev–Trinajstić information content (AvgIpc) is 2.27. The second-order valence-corrected chi connectivity index (χ2v) is 2.91. The van der Waals surface area contributed by atoms with Gasteiger partial charge in [-0.05, 0) is 20.6 Å². The number of carbonyl (C=O) groups excluding carboxylic acids is 1. The zero-order valence-electron chi connectivity index (χ0n) is 9.67. The summed E-state index contributed by atoms with van der Waals surface area (Å²) in [7, 11) is 0. The largest absolute Gasteiger partial charge is 0.465 e. The van der Waals surface area contributed by atoms with E-state index in [1.54, 1.807) is 13.8 Å². The smallest absolute Gasteiger partial charge is 0.325 e. The van der Waals surface area contributed by atoms with Crippen LogP contribution >= 0.6 is 0 Å². The fourth-order valence-corrected chi connectivity index (χ4v) is 1.02. The Bertz CT molecular complexity index is 332. The fraction of sp³-hybridized carbons (Fsp3) is 0.364. The summed E-state index contributed by atoms with van der Waals surface area (Å²) in [5.74, 6) is -0.327. The molecule has 0 aliphatic heterocycles. The molecule has 0 heterocycles. The molecule has 0 aliphatic carbocycles. The molecule has 5 nitrogen and oxygen atoms in total. The van der Waals surface area contributed by atoms with Crippen molar-refractivity contribution < 1.29 is 9.53 Å². The average molecular weight is 223 g/mol. The molecule has 0 fully saturated rings. The van der Waals surface area contributed by atoms with Crippen molar-refractivity contribution in [3.05, 3.63) is 23.9 Å². The zero-order valence-corrected chi connectivity index (χ0v) is 9.67. The number of ether oxygens (including phenoxy) is 1. The van der Waals surface area contributed by atoms with Crippen molar-refractivity contribution in [3.63, 3.8) is 0 Å². The Morgan fingerprint density at radius 1 is 1.62 bits per heavy atom. The molecule has 0 bridgehead atoms. The molecule has 0 saturated heterocycles. The van der Waals surface area contributed by atoms with Crippen molar-refractivity contribution in [1.29, 1.82) is 5.41 Å². The zero-order chi connectivity index (χ0) is 12.6. The molecule has 0 aromatic heterocycles. The van der Waals surface area contributed by atoms with E-state index in [2.05, 4.69) is 23.6 Å². The molecule has 0 spiro atoms. The summed E-state index contributed by atoms with van der Waals surface area (Å²) in [6.07, 6.45) is 1.49. The minimum Gasteiger partial charge on any atom is -0.465 e. The Morgan fingerprint density at radius 2 is 2.25 bits per heavy atom. The van der Waals surface area contributed by atoms with Crippen molar-refractivity contribution in [2.24, 2.45) is 4.99 Å². The highest BCUT2D eigenvalue weighted by atomic mass is 16.5. The molecule has 2 N–H and O–H groups in total. The van der Waals surface area contributed by atoms with Gasteiger partial charge in [-0.15, -0.1) is 0 Å². The maximum Gasteiger partial charge on any atom is 0.325 e. The highest BCUT2D eigenvalue weighted by Crippen LogP contribution is 2.04. The third-order valence-corrected chi connectivity index (χ3v) is 1.82. The number of hydrogen-bond acceptors (Lipinski definition) is 4. The predicted octanol–water partition coefficient (Wildman–Crippen LogP) is 1.28. The van der Waals surface area contributed by atoms with Crippen LogP contribution in [0.5, 0.6) is 0 Å². The first-order chi connectivity index (χ1) is 7.56. The van der Waals surface area contributed by atoms with Crippen molar-refractivity contribution in [2.45, 2.75) is 13.8 Å². The van der Waals surface area contributed by atoms with Gasteiger partial charge in [0.25, 0.3) is 0 Å². The van der Waals surface area contributed by atoms with Crippen molar-refractivity contribution >= 4 is 18.5 Å². The van der Waals surface area contributed by atoms with Gasteiger partial charge in [0.1, 0.15) is 6.54 Å². The van der Waals surface area contributed by atoms with Gasteiger partial charge in [0.15, 0.2) is 5.84 Å². The summed E-state index contributed by atoms with van der Waals surface area (Å²) in [6, 6.07) is 0. The number of hydrogen-bond donors (Lipinski definition) is 2. The number of amidine groups is 1. The Hall–Kier alpha value is -1.91. The molecule has 0 atom stereocenters. The van der Waals surface area contributed by atoms with E-state index in [1.165, 1.54) is 6.08 Å². The van der Waals surface area contributed by atoms with Gasteiger partial charge in [0, 0.05) is 11.3 Å². The number of nitrogens with zero attached hydrogens (tertiary/aromatic N) is 1. The summed E-state index contributed by atoms with van der Waals surface area (Å²) < 4.78 is 4.75. The maximum atomic E-state index is 11.1. The molecule has 0 unspecified atom stereocenters. The molecule has 0 aromatic rings. The molecule has 0 aromatic carbocycles. The number of allylic oxidation sites excluding steroid dienone is 1. The van der Waals surface area contributed by atoms with Crippen LogP contribution in [0, 0.1) is 5.41 Å². The number of esters is 1. The van der Waals surface area contributed by atoms with Crippen LogP contribution in [-0.2, 0) is 9.53 Å². The van der Waals surface area contributed by atoms with Gasteiger partial charge in [0.05, 0.1) is 6.61 Å². The topological polar surface area (TPSA) is 74.5 Å². The van der Waals surface area contributed by atoms with E-state index >= 15 is 0 Å². The second-order valence-electron chi connectivity index (χ2n) is 2.91. The lowest BCUT2D eigenvalue weighted by atomic mass is 10.2.